The Balaban J connectivity index is 1.95. The van der Waals surface area contributed by atoms with Crippen LogP contribution in [0, 0.1) is 6.92 Å². The number of hydrogen-bond acceptors (Lipinski definition) is 5. The summed E-state index contributed by atoms with van der Waals surface area (Å²) in [6, 6.07) is 8.09. The van der Waals surface area contributed by atoms with Gasteiger partial charge in [-0.05, 0) is 37.3 Å². The molecular formula is C13H13N5O2S. The Kier molecular flexibility index (Phi) is 3.11. The van der Waals surface area contributed by atoms with E-state index in [1.54, 1.807) is 12.1 Å². The van der Waals surface area contributed by atoms with Crippen LogP contribution in [-0.2, 0) is 10.0 Å². The number of nitrogens with two attached hydrogens (primary N) is 1. The number of rotatable bonds is 3. The zero-order valence-electron chi connectivity index (χ0n) is 11.2. The Labute approximate surface area is 121 Å². The van der Waals surface area contributed by atoms with E-state index in [-0.39, 0.29) is 4.90 Å². The van der Waals surface area contributed by atoms with Crippen LogP contribution in [0.25, 0.3) is 11.0 Å². The summed E-state index contributed by atoms with van der Waals surface area (Å²) in [6.07, 6.45) is 1.46. The number of anilines is 2. The molecule has 0 saturated carbocycles. The van der Waals surface area contributed by atoms with Crippen molar-refractivity contribution in [3.63, 3.8) is 0 Å². The van der Waals surface area contributed by atoms with Gasteiger partial charge in [0.05, 0.1) is 10.3 Å². The van der Waals surface area contributed by atoms with Crippen LogP contribution >= 0.6 is 0 Å². The smallest absolute Gasteiger partial charge is 0.238 e. The third kappa shape index (κ3) is 2.71. The molecule has 2 heterocycles. The molecule has 0 aliphatic rings. The van der Waals surface area contributed by atoms with E-state index in [4.69, 9.17) is 5.14 Å². The first kappa shape index (κ1) is 13.5. The third-order valence-electron chi connectivity index (χ3n) is 3.01. The van der Waals surface area contributed by atoms with Gasteiger partial charge < -0.3 is 10.3 Å². The van der Waals surface area contributed by atoms with Crippen LogP contribution in [0.5, 0.6) is 0 Å². The molecule has 108 valence electrons. The van der Waals surface area contributed by atoms with Crippen molar-refractivity contribution in [3.05, 3.63) is 42.4 Å². The quantitative estimate of drug-likeness (QED) is 0.681. The minimum absolute atomic E-state index is 0.0679. The molecule has 0 radical (unpaired) electrons. The van der Waals surface area contributed by atoms with Crippen LogP contribution in [0.2, 0.25) is 0 Å². The van der Waals surface area contributed by atoms with Gasteiger partial charge in [0.1, 0.15) is 17.8 Å². The lowest BCUT2D eigenvalue weighted by Gasteiger charge is -2.07. The molecule has 0 amide bonds. The zero-order valence-corrected chi connectivity index (χ0v) is 12.0. The molecule has 0 aliphatic heterocycles. The molecule has 3 rings (SSSR count). The van der Waals surface area contributed by atoms with E-state index < -0.39 is 10.0 Å². The highest BCUT2D eigenvalue weighted by Crippen LogP contribution is 2.24. The number of nitrogens with zero attached hydrogens (tertiary/aromatic N) is 2. The molecule has 8 heteroatoms. The van der Waals surface area contributed by atoms with Gasteiger partial charge in [0.2, 0.25) is 10.0 Å². The summed E-state index contributed by atoms with van der Waals surface area (Å²) >= 11 is 0. The summed E-state index contributed by atoms with van der Waals surface area (Å²) in [4.78, 5) is 11.5. The molecule has 21 heavy (non-hydrogen) atoms. The maximum atomic E-state index is 11.2. The molecule has 0 aliphatic carbocycles. The van der Waals surface area contributed by atoms with Gasteiger partial charge in [-0.15, -0.1) is 0 Å². The number of nitrogens with one attached hydrogen (secondary N) is 2. The second-order valence-electron chi connectivity index (χ2n) is 4.63. The number of aromatic amines is 1. The first-order valence-electron chi connectivity index (χ1n) is 6.14. The summed E-state index contributed by atoms with van der Waals surface area (Å²) < 4.78 is 22.4. The SMILES string of the molecule is Cc1cc2c(Nc3ccc(S(N)(=O)=O)cc3)ncnc2[nH]1. The Morgan fingerprint density at radius 2 is 1.90 bits per heavy atom. The van der Waals surface area contributed by atoms with E-state index in [1.807, 2.05) is 13.0 Å². The van der Waals surface area contributed by atoms with Crippen molar-refractivity contribution in [1.82, 2.24) is 15.0 Å². The number of benzene rings is 1. The highest BCUT2D eigenvalue weighted by Gasteiger charge is 2.09. The van der Waals surface area contributed by atoms with Crippen molar-refractivity contribution in [2.24, 2.45) is 5.14 Å². The largest absolute Gasteiger partial charge is 0.343 e. The topological polar surface area (TPSA) is 114 Å². The fraction of sp³-hybridized carbons (Fsp3) is 0.0769. The van der Waals surface area contributed by atoms with Crippen molar-refractivity contribution in [2.45, 2.75) is 11.8 Å². The van der Waals surface area contributed by atoms with E-state index >= 15 is 0 Å². The molecule has 0 unspecified atom stereocenters. The van der Waals surface area contributed by atoms with Crippen LogP contribution in [0.3, 0.4) is 0 Å². The van der Waals surface area contributed by atoms with Crippen molar-refractivity contribution in [2.75, 3.05) is 5.32 Å². The van der Waals surface area contributed by atoms with Crippen LogP contribution in [0.1, 0.15) is 5.69 Å². The average molecular weight is 303 g/mol. The van der Waals surface area contributed by atoms with Gasteiger partial charge in [-0.25, -0.2) is 23.5 Å². The molecule has 0 spiro atoms. The van der Waals surface area contributed by atoms with Crippen LogP contribution in [0.15, 0.2) is 41.6 Å². The van der Waals surface area contributed by atoms with E-state index in [0.717, 1.165) is 16.7 Å². The predicted octanol–water partition coefficient (Wildman–Crippen LogP) is 1.66. The minimum Gasteiger partial charge on any atom is -0.343 e. The second-order valence-corrected chi connectivity index (χ2v) is 6.19. The van der Waals surface area contributed by atoms with E-state index in [0.29, 0.717) is 11.5 Å². The van der Waals surface area contributed by atoms with Gasteiger partial charge in [0.25, 0.3) is 0 Å². The molecule has 4 N–H and O–H groups in total. The van der Waals surface area contributed by atoms with Crippen LogP contribution in [0.4, 0.5) is 11.5 Å². The van der Waals surface area contributed by atoms with Gasteiger partial charge in [-0.1, -0.05) is 0 Å². The second kappa shape index (κ2) is 4.83. The van der Waals surface area contributed by atoms with E-state index in [9.17, 15) is 8.42 Å². The van der Waals surface area contributed by atoms with Crippen molar-refractivity contribution in [1.29, 1.82) is 0 Å². The van der Waals surface area contributed by atoms with Gasteiger partial charge in [-0.2, -0.15) is 0 Å². The fourth-order valence-electron chi connectivity index (χ4n) is 2.04. The fourth-order valence-corrected chi connectivity index (χ4v) is 2.55. The first-order chi connectivity index (χ1) is 9.93. The van der Waals surface area contributed by atoms with Crippen molar-refractivity contribution in [3.8, 4) is 0 Å². The van der Waals surface area contributed by atoms with Crippen molar-refractivity contribution >= 4 is 32.6 Å². The molecule has 0 bridgehead atoms. The molecule has 3 aromatic rings. The Morgan fingerprint density at radius 3 is 2.57 bits per heavy atom. The standard InChI is InChI=1S/C13H13N5O2S/c1-8-6-11-12(17-8)15-7-16-13(11)18-9-2-4-10(5-3-9)21(14,19)20/h2-7H,1H3,(H2,14,19,20)(H2,15,16,17,18). The number of aromatic nitrogens is 3. The van der Waals surface area contributed by atoms with Crippen LogP contribution < -0.4 is 10.5 Å². The Hall–Kier alpha value is -2.45. The zero-order chi connectivity index (χ0) is 15.0. The Bertz CT molecular complexity index is 900. The molecule has 0 atom stereocenters. The Morgan fingerprint density at radius 1 is 1.19 bits per heavy atom. The summed E-state index contributed by atoms with van der Waals surface area (Å²) in [5, 5.41) is 9.06. The number of aryl methyl sites for hydroxylation is 1. The minimum atomic E-state index is -3.68. The summed E-state index contributed by atoms with van der Waals surface area (Å²) in [5.41, 5.74) is 2.44. The highest BCUT2D eigenvalue weighted by molar-refractivity contribution is 7.89. The number of fused-ring (bicyclic) bond motifs is 1. The summed E-state index contributed by atoms with van der Waals surface area (Å²) in [6.45, 7) is 1.94. The number of hydrogen-bond donors (Lipinski definition) is 3. The van der Waals surface area contributed by atoms with Crippen LogP contribution in [-0.4, -0.2) is 23.4 Å². The molecule has 0 saturated heterocycles. The molecule has 7 nitrogen and oxygen atoms in total. The number of primary sulfonamides is 1. The monoisotopic (exact) mass is 303 g/mol. The maximum Gasteiger partial charge on any atom is 0.238 e. The lowest BCUT2D eigenvalue weighted by molar-refractivity contribution is 0.598. The molecule has 0 fully saturated rings. The third-order valence-corrected chi connectivity index (χ3v) is 3.94. The lowest BCUT2D eigenvalue weighted by Crippen LogP contribution is -2.11. The average Bonchev–Trinajstić information content (AvgIpc) is 2.80. The summed E-state index contributed by atoms with van der Waals surface area (Å²) in [7, 11) is -3.68. The number of H-pyrrole nitrogens is 1. The highest BCUT2D eigenvalue weighted by atomic mass is 32.2. The van der Waals surface area contributed by atoms with Gasteiger partial charge >= 0.3 is 0 Å². The molecule has 2 aromatic heterocycles. The molecular weight excluding hydrogens is 290 g/mol. The predicted molar refractivity (Wildman–Crippen MR) is 79.7 cm³/mol. The lowest BCUT2D eigenvalue weighted by atomic mass is 10.3. The van der Waals surface area contributed by atoms with Crippen molar-refractivity contribution < 1.29 is 8.42 Å². The van der Waals surface area contributed by atoms with Gasteiger partial charge in [0.15, 0.2) is 0 Å². The van der Waals surface area contributed by atoms with Gasteiger partial charge in [0, 0.05) is 11.4 Å². The summed E-state index contributed by atoms with van der Waals surface area (Å²) in [5.74, 6) is 0.646. The normalized spacial score (nSPS) is 11.7. The molecule has 1 aromatic carbocycles. The maximum absolute atomic E-state index is 11.2. The van der Waals surface area contributed by atoms with E-state index in [2.05, 4.69) is 20.3 Å². The number of sulfonamides is 1. The van der Waals surface area contributed by atoms with E-state index in [1.165, 1.54) is 18.5 Å². The first-order valence-corrected chi connectivity index (χ1v) is 7.68. The van der Waals surface area contributed by atoms with Gasteiger partial charge in [-0.3, -0.25) is 0 Å².